The van der Waals surface area contributed by atoms with Crippen LogP contribution in [-0.2, 0) is 4.84 Å². The van der Waals surface area contributed by atoms with Gasteiger partial charge in [-0.3, -0.25) is 4.84 Å². The molecule has 0 spiro atoms. The van der Waals surface area contributed by atoms with E-state index in [1.165, 1.54) is 23.5 Å². The summed E-state index contributed by atoms with van der Waals surface area (Å²) >= 11 is 0. The van der Waals surface area contributed by atoms with E-state index < -0.39 is 0 Å². The monoisotopic (exact) mass is 220 g/mol. The first-order valence-corrected chi connectivity index (χ1v) is 5.82. The zero-order valence-corrected chi connectivity index (χ0v) is 9.26. The third-order valence-corrected chi connectivity index (χ3v) is 3.38. The summed E-state index contributed by atoms with van der Waals surface area (Å²) in [5.74, 6) is 0.734. The number of rotatable bonds is 4. The summed E-state index contributed by atoms with van der Waals surface area (Å²) in [6, 6.07) is 0.107. The van der Waals surface area contributed by atoms with Crippen molar-refractivity contribution in [2.75, 3.05) is 19.7 Å². The molecule has 0 N–H and O–H groups in total. The fraction of sp³-hybridized carbons (Fsp3) is 0.583. The highest BCUT2D eigenvalue weighted by Crippen LogP contribution is 2.40. The lowest BCUT2D eigenvalue weighted by Gasteiger charge is -2.21. The molecular weight excluding hydrogens is 204 g/mol. The van der Waals surface area contributed by atoms with Gasteiger partial charge in [0.2, 0.25) is 0 Å². The minimum atomic E-state index is -0.00116. The van der Waals surface area contributed by atoms with Crippen molar-refractivity contribution in [1.29, 1.82) is 0 Å². The van der Waals surface area contributed by atoms with Crippen molar-refractivity contribution in [3.8, 4) is 0 Å². The summed E-state index contributed by atoms with van der Waals surface area (Å²) in [6.45, 7) is 5.55. The Kier molecular flexibility index (Phi) is 2.24. The number of hydrogen-bond acceptors (Lipinski definition) is 2. The van der Waals surface area contributed by atoms with Gasteiger partial charge in [0.05, 0.1) is 12.6 Å². The number of hydroxylamine groups is 2. The van der Waals surface area contributed by atoms with E-state index in [0.717, 1.165) is 19.0 Å². The molecule has 1 aliphatic carbocycles. The summed E-state index contributed by atoms with van der Waals surface area (Å²) < 4.78 is 0. The average molecular weight is 220 g/mol. The molecule has 1 saturated carbocycles. The second kappa shape index (κ2) is 3.63. The quantitative estimate of drug-likeness (QED) is 0.673. The summed E-state index contributed by atoms with van der Waals surface area (Å²) in [5.41, 5.74) is 1.43. The fourth-order valence-corrected chi connectivity index (χ4v) is 2.44. The van der Waals surface area contributed by atoms with Crippen LogP contribution in [0.2, 0.25) is 0 Å². The van der Waals surface area contributed by atoms with Crippen LogP contribution in [0.3, 0.4) is 0 Å². The molecule has 1 atom stereocenters. The molecule has 2 fully saturated rings. The van der Waals surface area contributed by atoms with Crippen LogP contribution in [0, 0.1) is 5.92 Å². The number of urea groups is 1. The fourth-order valence-electron chi connectivity index (χ4n) is 2.44. The van der Waals surface area contributed by atoms with Crippen LogP contribution in [0.15, 0.2) is 24.3 Å². The molecule has 0 aromatic heterocycles. The molecule has 0 radical (unpaired) electrons. The zero-order chi connectivity index (χ0) is 11.1. The Labute approximate surface area is 95.1 Å². The summed E-state index contributed by atoms with van der Waals surface area (Å²) in [7, 11) is 0. The van der Waals surface area contributed by atoms with Gasteiger partial charge >= 0.3 is 6.03 Å². The van der Waals surface area contributed by atoms with Gasteiger partial charge < -0.3 is 4.90 Å². The van der Waals surface area contributed by atoms with Crippen molar-refractivity contribution in [2.45, 2.75) is 18.9 Å². The van der Waals surface area contributed by atoms with Gasteiger partial charge in [-0.15, -0.1) is 6.58 Å². The maximum absolute atomic E-state index is 11.9. The molecule has 0 aromatic rings. The molecule has 1 saturated heterocycles. The third kappa shape index (κ3) is 1.53. The molecule has 1 unspecified atom stereocenters. The first kappa shape index (κ1) is 9.90. The predicted octanol–water partition coefficient (Wildman–Crippen LogP) is 1.56. The van der Waals surface area contributed by atoms with E-state index in [9.17, 15) is 4.79 Å². The van der Waals surface area contributed by atoms with Crippen molar-refractivity contribution in [3.05, 3.63) is 24.3 Å². The van der Waals surface area contributed by atoms with E-state index in [1.807, 2.05) is 4.90 Å². The van der Waals surface area contributed by atoms with Crippen molar-refractivity contribution >= 4 is 6.03 Å². The number of carbonyl (C=O) groups excluding carboxylic acids is 1. The van der Waals surface area contributed by atoms with Crippen LogP contribution in [0.25, 0.3) is 0 Å². The van der Waals surface area contributed by atoms with E-state index in [4.69, 9.17) is 4.84 Å². The minimum Gasteiger partial charge on any atom is -0.316 e. The number of amides is 2. The standard InChI is InChI=1S/C12H16N2O2/c1-2-5-16-14-11-6-10(9-3-4-9)7-13(8-11)12(14)15/h2,6,9,11H,1,3-5,7-8H2. The number of fused-ring (bicyclic) bond motifs is 2. The Balaban J connectivity index is 1.76. The van der Waals surface area contributed by atoms with Gasteiger partial charge in [0.15, 0.2) is 0 Å². The molecule has 4 nitrogen and oxygen atoms in total. The lowest BCUT2D eigenvalue weighted by Crippen LogP contribution is -2.33. The van der Waals surface area contributed by atoms with Crippen LogP contribution >= 0.6 is 0 Å². The normalized spacial score (nSPS) is 28.4. The largest absolute Gasteiger partial charge is 0.344 e. The summed E-state index contributed by atoms with van der Waals surface area (Å²) in [4.78, 5) is 19.2. The third-order valence-electron chi connectivity index (χ3n) is 3.38. The molecule has 2 heterocycles. The van der Waals surface area contributed by atoms with Crippen LogP contribution in [0.1, 0.15) is 12.8 Å². The second-order valence-corrected chi connectivity index (χ2v) is 4.66. The lowest BCUT2D eigenvalue weighted by molar-refractivity contribution is -0.107. The van der Waals surface area contributed by atoms with Gasteiger partial charge in [0, 0.05) is 13.1 Å². The predicted molar refractivity (Wildman–Crippen MR) is 59.6 cm³/mol. The maximum atomic E-state index is 11.9. The van der Waals surface area contributed by atoms with E-state index in [1.54, 1.807) is 6.08 Å². The minimum absolute atomic E-state index is 0.00116. The highest BCUT2D eigenvalue weighted by atomic mass is 16.7. The van der Waals surface area contributed by atoms with E-state index >= 15 is 0 Å². The lowest BCUT2D eigenvalue weighted by atomic mass is 10.0. The zero-order valence-electron chi connectivity index (χ0n) is 9.26. The van der Waals surface area contributed by atoms with Gasteiger partial charge in [-0.25, -0.2) is 4.79 Å². The number of carbonyl (C=O) groups is 1. The number of nitrogens with zero attached hydrogens (tertiary/aromatic N) is 2. The summed E-state index contributed by atoms with van der Waals surface area (Å²) in [6.07, 6.45) is 6.46. The molecule has 86 valence electrons. The van der Waals surface area contributed by atoms with Gasteiger partial charge in [0.25, 0.3) is 0 Å². The molecule has 0 aromatic carbocycles. The Hall–Kier alpha value is -1.29. The Morgan fingerprint density at radius 3 is 3.06 bits per heavy atom. The highest BCUT2D eigenvalue weighted by molar-refractivity contribution is 5.77. The molecule has 2 aliphatic heterocycles. The smallest absolute Gasteiger partial charge is 0.316 e. The van der Waals surface area contributed by atoms with E-state index in [2.05, 4.69) is 12.7 Å². The van der Waals surface area contributed by atoms with Crippen molar-refractivity contribution in [1.82, 2.24) is 9.96 Å². The van der Waals surface area contributed by atoms with Crippen LogP contribution in [0.5, 0.6) is 0 Å². The number of hydrogen-bond donors (Lipinski definition) is 0. The molecule has 16 heavy (non-hydrogen) atoms. The van der Waals surface area contributed by atoms with Crippen molar-refractivity contribution in [3.63, 3.8) is 0 Å². The Morgan fingerprint density at radius 1 is 1.56 bits per heavy atom. The first-order valence-electron chi connectivity index (χ1n) is 5.82. The second-order valence-electron chi connectivity index (χ2n) is 4.66. The highest BCUT2D eigenvalue weighted by Gasteiger charge is 2.43. The van der Waals surface area contributed by atoms with Gasteiger partial charge in [0.1, 0.15) is 0 Å². The van der Waals surface area contributed by atoms with Crippen molar-refractivity contribution < 1.29 is 9.63 Å². The Morgan fingerprint density at radius 2 is 2.38 bits per heavy atom. The van der Waals surface area contributed by atoms with Gasteiger partial charge in [-0.2, -0.15) is 5.06 Å². The molecule has 2 amide bonds. The summed E-state index contributed by atoms with van der Waals surface area (Å²) in [5, 5.41) is 1.50. The molecule has 3 aliphatic rings. The molecular formula is C12H16N2O2. The topological polar surface area (TPSA) is 32.8 Å². The maximum Gasteiger partial charge on any atom is 0.344 e. The average Bonchev–Trinajstić information content (AvgIpc) is 3.09. The van der Waals surface area contributed by atoms with Gasteiger partial charge in [-0.05, 0) is 24.3 Å². The molecule has 4 heteroatoms. The van der Waals surface area contributed by atoms with Gasteiger partial charge in [-0.1, -0.05) is 12.2 Å². The Bertz CT molecular complexity index is 360. The molecule has 3 rings (SSSR count). The van der Waals surface area contributed by atoms with Crippen LogP contribution in [-0.4, -0.2) is 41.7 Å². The SMILES string of the molecule is C=CCON1C(=O)N2CC(C3CC3)=CC1C2. The van der Waals surface area contributed by atoms with E-state index in [0.29, 0.717) is 6.61 Å². The first-order chi connectivity index (χ1) is 7.79. The molecule has 2 bridgehead atoms. The van der Waals surface area contributed by atoms with E-state index in [-0.39, 0.29) is 12.1 Å². The van der Waals surface area contributed by atoms with Crippen LogP contribution in [0.4, 0.5) is 4.79 Å². The van der Waals surface area contributed by atoms with Crippen molar-refractivity contribution in [2.24, 2.45) is 5.92 Å². The van der Waals surface area contributed by atoms with Crippen LogP contribution < -0.4 is 0 Å².